The number of halogens is 1. The molecule has 4 heterocycles. The summed E-state index contributed by atoms with van der Waals surface area (Å²) in [6, 6.07) is 18.8. The zero-order chi connectivity index (χ0) is 24.8. The quantitative estimate of drug-likeness (QED) is 0.396. The molecule has 4 aromatic rings. The number of methoxy groups -OCH3 is 1. The predicted octanol–water partition coefficient (Wildman–Crippen LogP) is 4.08. The number of aromatic amines is 1. The summed E-state index contributed by atoms with van der Waals surface area (Å²) in [7, 11) is 1.67. The number of piperidine rings is 1. The zero-order valence-electron chi connectivity index (χ0n) is 20.4. The number of nitrogens with zero attached hydrogens (tertiary/aromatic N) is 2. The standard InChI is InChI=1S/C29H31FN4O2/c1-36-21-9-10-22-24(16-21)33-27-26(22)28(11-14-31-15-12-28)18-34(17-20-6-2-3-7-23(20)30)29(27,19-35)25-8-4-5-13-32-25/h2-10,13,16,31,33,35H,11-12,14-15,17-19H2,1H3. The highest BCUT2D eigenvalue weighted by Gasteiger charge is 2.55. The van der Waals surface area contributed by atoms with Gasteiger partial charge < -0.3 is 20.1 Å². The molecule has 6 nitrogen and oxygen atoms in total. The summed E-state index contributed by atoms with van der Waals surface area (Å²) >= 11 is 0. The van der Waals surface area contributed by atoms with Crippen molar-refractivity contribution >= 4 is 10.9 Å². The second-order valence-corrected chi connectivity index (χ2v) is 10.00. The lowest BCUT2D eigenvalue weighted by molar-refractivity contribution is 0.00213. The minimum Gasteiger partial charge on any atom is -0.497 e. The van der Waals surface area contributed by atoms with E-state index in [9.17, 15) is 9.50 Å². The van der Waals surface area contributed by atoms with Crippen LogP contribution in [0.5, 0.6) is 5.75 Å². The Labute approximate surface area is 210 Å². The molecular weight excluding hydrogens is 455 g/mol. The van der Waals surface area contributed by atoms with Crippen molar-refractivity contribution in [1.29, 1.82) is 0 Å². The van der Waals surface area contributed by atoms with E-state index in [4.69, 9.17) is 9.72 Å². The number of ether oxygens (including phenoxy) is 1. The van der Waals surface area contributed by atoms with Crippen LogP contribution in [0.1, 0.15) is 35.4 Å². The summed E-state index contributed by atoms with van der Waals surface area (Å²) in [6.07, 6.45) is 3.67. The van der Waals surface area contributed by atoms with E-state index in [1.165, 1.54) is 11.6 Å². The Bertz CT molecular complexity index is 1380. The normalized spacial score (nSPS) is 21.5. The Morgan fingerprint density at radius 2 is 1.89 bits per heavy atom. The molecule has 0 saturated carbocycles. The van der Waals surface area contributed by atoms with Crippen LogP contribution in [0.3, 0.4) is 0 Å². The van der Waals surface area contributed by atoms with Gasteiger partial charge in [-0.05, 0) is 61.8 Å². The van der Waals surface area contributed by atoms with E-state index in [0.717, 1.165) is 54.0 Å². The van der Waals surface area contributed by atoms with Gasteiger partial charge in [0.15, 0.2) is 0 Å². The van der Waals surface area contributed by atoms with Crippen molar-refractivity contribution in [1.82, 2.24) is 20.2 Å². The van der Waals surface area contributed by atoms with Gasteiger partial charge in [0.05, 0.1) is 19.4 Å². The summed E-state index contributed by atoms with van der Waals surface area (Å²) in [5.41, 5.74) is 3.40. The molecule has 0 bridgehead atoms. The van der Waals surface area contributed by atoms with Gasteiger partial charge in [0.1, 0.15) is 17.1 Å². The number of aromatic nitrogens is 2. The van der Waals surface area contributed by atoms with Gasteiger partial charge in [-0.25, -0.2) is 4.39 Å². The van der Waals surface area contributed by atoms with E-state index in [1.54, 1.807) is 19.4 Å². The van der Waals surface area contributed by atoms with Crippen molar-refractivity contribution in [2.45, 2.75) is 30.3 Å². The largest absolute Gasteiger partial charge is 0.497 e. The first kappa shape index (κ1) is 23.2. The number of aliphatic hydroxyl groups excluding tert-OH is 1. The summed E-state index contributed by atoms with van der Waals surface area (Å²) in [5.74, 6) is 0.535. The average molecular weight is 487 g/mol. The van der Waals surface area contributed by atoms with E-state index in [-0.39, 0.29) is 17.8 Å². The third-order valence-corrected chi connectivity index (χ3v) is 8.18. The van der Waals surface area contributed by atoms with Gasteiger partial charge in [-0.1, -0.05) is 24.3 Å². The molecule has 2 aromatic heterocycles. The number of aliphatic hydroxyl groups is 1. The number of nitrogens with one attached hydrogen (secondary N) is 2. The van der Waals surface area contributed by atoms with Crippen LogP contribution in [0.4, 0.5) is 4.39 Å². The molecule has 2 aliphatic heterocycles. The maximum Gasteiger partial charge on any atom is 0.128 e. The molecule has 1 atom stereocenters. The average Bonchev–Trinajstić information content (AvgIpc) is 3.32. The van der Waals surface area contributed by atoms with Crippen molar-refractivity contribution in [3.05, 3.63) is 95.2 Å². The maximum absolute atomic E-state index is 14.9. The van der Waals surface area contributed by atoms with Gasteiger partial charge in [0.2, 0.25) is 0 Å². The molecule has 0 aliphatic carbocycles. The maximum atomic E-state index is 14.9. The Balaban J connectivity index is 1.65. The second kappa shape index (κ2) is 9.00. The highest BCUT2D eigenvalue weighted by atomic mass is 19.1. The number of pyridine rings is 1. The van der Waals surface area contributed by atoms with Crippen LogP contribution in [0, 0.1) is 5.82 Å². The van der Waals surface area contributed by atoms with Gasteiger partial charge in [-0.15, -0.1) is 0 Å². The molecule has 0 amide bonds. The van der Waals surface area contributed by atoms with Crippen LogP contribution in [-0.2, 0) is 17.5 Å². The molecule has 1 unspecified atom stereocenters. The van der Waals surface area contributed by atoms with E-state index in [2.05, 4.69) is 21.3 Å². The van der Waals surface area contributed by atoms with Crippen molar-refractivity contribution < 1.29 is 14.2 Å². The highest BCUT2D eigenvalue weighted by Crippen LogP contribution is 2.52. The van der Waals surface area contributed by atoms with Crippen molar-refractivity contribution in [2.75, 3.05) is 33.4 Å². The van der Waals surface area contributed by atoms with Gasteiger partial charge in [-0.2, -0.15) is 0 Å². The molecule has 1 saturated heterocycles. The number of rotatable bonds is 5. The van der Waals surface area contributed by atoms with Crippen molar-refractivity contribution in [3.8, 4) is 5.75 Å². The number of hydrogen-bond donors (Lipinski definition) is 3. The third kappa shape index (κ3) is 3.45. The molecule has 0 radical (unpaired) electrons. The number of H-pyrrole nitrogens is 1. The molecule has 2 aliphatic rings. The molecule has 1 spiro atoms. The Hall–Kier alpha value is -3.26. The van der Waals surface area contributed by atoms with Crippen molar-refractivity contribution in [3.63, 3.8) is 0 Å². The number of fused-ring (bicyclic) bond motifs is 4. The molecule has 186 valence electrons. The molecule has 7 heteroatoms. The fourth-order valence-electron chi connectivity index (χ4n) is 6.40. The summed E-state index contributed by atoms with van der Waals surface area (Å²) in [5, 5.41) is 15.9. The fourth-order valence-corrected chi connectivity index (χ4v) is 6.40. The first-order chi connectivity index (χ1) is 17.6. The monoisotopic (exact) mass is 486 g/mol. The van der Waals surface area contributed by atoms with E-state index < -0.39 is 5.54 Å². The Kier molecular flexibility index (Phi) is 5.79. The Morgan fingerprint density at radius 3 is 2.61 bits per heavy atom. The first-order valence-electron chi connectivity index (χ1n) is 12.5. The third-order valence-electron chi connectivity index (χ3n) is 8.18. The van der Waals surface area contributed by atoms with Gasteiger partial charge >= 0.3 is 0 Å². The van der Waals surface area contributed by atoms with Crippen LogP contribution >= 0.6 is 0 Å². The van der Waals surface area contributed by atoms with E-state index in [0.29, 0.717) is 18.7 Å². The van der Waals surface area contributed by atoms with Crippen molar-refractivity contribution in [2.24, 2.45) is 0 Å². The topological polar surface area (TPSA) is 73.4 Å². The molecule has 2 aromatic carbocycles. The van der Waals surface area contributed by atoms with Crippen LogP contribution in [0.15, 0.2) is 66.9 Å². The van der Waals surface area contributed by atoms with Gasteiger partial charge in [-0.3, -0.25) is 9.88 Å². The van der Waals surface area contributed by atoms with Crippen LogP contribution in [-0.4, -0.2) is 53.3 Å². The molecule has 36 heavy (non-hydrogen) atoms. The molecule has 6 rings (SSSR count). The lowest BCUT2D eigenvalue weighted by atomic mass is 9.65. The minimum atomic E-state index is -0.957. The predicted molar refractivity (Wildman–Crippen MR) is 138 cm³/mol. The van der Waals surface area contributed by atoms with Crippen LogP contribution < -0.4 is 10.1 Å². The summed E-state index contributed by atoms with van der Waals surface area (Å²) in [4.78, 5) is 10.7. The van der Waals surface area contributed by atoms with E-state index in [1.807, 2.05) is 42.5 Å². The number of hydrogen-bond acceptors (Lipinski definition) is 5. The summed E-state index contributed by atoms with van der Waals surface area (Å²) in [6.45, 7) is 2.67. The second-order valence-electron chi connectivity index (χ2n) is 10.00. The van der Waals surface area contributed by atoms with E-state index >= 15 is 0 Å². The van der Waals surface area contributed by atoms with Gasteiger partial charge in [0, 0.05) is 52.9 Å². The lowest BCUT2D eigenvalue weighted by Gasteiger charge is -2.54. The fraction of sp³-hybridized carbons (Fsp3) is 0.345. The highest BCUT2D eigenvalue weighted by molar-refractivity contribution is 5.88. The Morgan fingerprint density at radius 1 is 1.08 bits per heavy atom. The zero-order valence-corrected chi connectivity index (χ0v) is 20.4. The smallest absolute Gasteiger partial charge is 0.128 e. The molecule has 3 N–H and O–H groups in total. The lowest BCUT2D eigenvalue weighted by Crippen LogP contribution is -2.61. The SMILES string of the molecule is COc1ccc2c3c([nH]c2c1)C(CO)(c1ccccn1)N(Cc1ccccc1F)CC31CCNCC1. The van der Waals surface area contributed by atoms with Crippen LogP contribution in [0.2, 0.25) is 0 Å². The first-order valence-corrected chi connectivity index (χ1v) is 12.5. The minimum absolute atomic E-state index is 0.147. The molecule has 1 fully saturated rings. The summed E-state index contributed by atoms with van der Waals surface area (Å²) < 4.78 is 20.5. The van der Waals surface area contributed by atoms with Crippen LogP contribution in [0.25, 0.3) is 10.9 Å². The van der Waals surface area contributed by atoms with Gasteiger partial charge in [0.25, 0.3) is 0 Å². The number of benzene rings is 2. The molecular formula is C29H31FN4O2.